The SMILES string of the molecule is [O-][n+]1ccccc1CC(O)(c1ccccc1)c1ccccc1. The van der Waals surface area contributed by atoms with Crippen molar-refractivity contribution >= 4 is 0 Å². The van der Waals surface area contributed by atoms with Crippen LogP contribution in [0.5, 0.6) is 0 Å². The van der Waals surface area contributed by atoms with E-state index in [-0.39, 0.29) is 6.42 Å². The minimum Gasteiger partial charge on any atom is -0.619 e. The lowest BCUT2D eigenvalue weighted by atomic mass is 9.82. The molecule has 0 saturated heterocycles. The average Bonchev–Trinajstić information content (AvgIpc) is 2.58. The van der Waals surface area contributed by atoms with Crippen LogP contribution in [0, 0.1) is 5.21 Å². The van der Waals surface area contributed by atoms with Gasteiger partial charge in [-0.15, -0.1) is 0 Å². The Balaban J connectivity index is 2.10. The summed E-state index contributed by atoms with van der Waals surface area (Å²) in [4.78, 5) is 0. The van der Waals surface area contributed by atoms with Gasteiger partial charge in [0.2, 0.25) is 0 Å². The van der Waals surface area contributed by atoms with E-state index in [4.69, 9.17) is 0 Å². The number of pyridine rings is 1. The highest BCUT2D eigenvalue weighted by atomic mass is 16.5. The first-order chi connectivity index (χ1) is 10.7. The molecule has 0 radical (unpaired) electrons. The van der Waals surface area contributed by atoms with E-state index in [0.29, 0.717) is 5.69 Å². The largest absolute Gasteiger partial charge is 0.619 e. The van der Waals surface area contributed by atoms with Gasteiger partial charge in [-0.25, -0.2) is 0 Å². The van der Waals surface area contributed by atoms with Crippen LogP contribution in [0.25, 0.3) is 0 Å². The van der Waals surface area contributed by atoms with Crippen molar-refractivity contribution in [3.8, 4) is 0 Å². The standard InChI is InChI=1S/C19H17NO2/c21-19(16-9-3-1-4-10-16,17-11-5-2-6-12-17)15-18-13-7-8-14-20(18)22/h1-14,21H,15H2. The fourth-order valence-electron chi connectivity index (χ4n) is 2.66. The Hall–Kier alpha value is -2.65. The van der Waals surface area contributed by atoms with Crippen LogP contribution in [0.3, 0.4) is 0 Å². The minimum absolute atomic E-state index is 0.214. The van der Waals surface area contributed by atoms with Crippen LogP contribution in [-0.2, 0) is 12.0 Å². The van der Waals surface area contributed by atoms with Crippen LogP contribution < -0.4 is 4.73 Å². The molecule has 0 aliphatic carbocycles. The maximum absolute atomic E-state index is 12.0. The summed E-state index contributed by atoms with van der Waals surface area (Å²) in [7, 11) is 0. The summed E-state index contributed by atoms with van der Waals surface area (Å²) in [5.41, 5.74) is 0.823. The van der Waals surface area contributed by atoms with Crippen molar-refractivity contribution < 1.29 is 9.84 Å². The lowest BCUT2D eigenvalue weighted by Gasteiger charge is -2.28. The van der Waals surface area contributed by atoms with Crippen molar-refractivity contribution in [3.63, 3.8) is 0 Å². The molecule has 1 aromatic heterocycles. The molecule has 0 saturated carbocycles. The number of rotatable bonds is 4. The van der Waals surface area contributed by atoms with Gasteiger partial charge in [0.1, 0.15) is 5.60 Å². The van der Waals surface area contributed by atoms with Gasteiger partial charge in [-0.05, 0) is 11.1 Å². The van der Waals surface area contributed by atoms with Gasteiger partial charge in [0.25, 0.3) is 0 Å². The Morgan fingerprint density at radius 2 is 1.27 bits per heavy atom. The molecular formula is C19H17NO2. The zero-order valence-electron chi connectivity index (χ0n) is 12.1. The van der Waals surface area contributed by atoms with Gasteiger partial charge in [-0.1, -0.05) is 66.7 Å². The average molecular weight is 291 g/mol. The summed E-state index contributed by atoms with van der Waals surface area (Å²) in [6.07, 6.45) is 1.66. The van der Waals surface area contributed by atoms with E-state index in [1.165, 1.54) is 6.20 Å². The molecule has 0 amide bonds. The molecule has 1 heterocycles. The van der Waals surface area contributed by atoms with Crippen molar-refractivity contribution in [1.82, 2.24) is 0 Å². The summed E-state index contributed by atoms with van der Waals surface area (Å²) < 4.78 is 0.802. The Kier molecular flexibility index (Phi) is 3.90. The smallest absolute Gasteiger partial charge is 0.196 e. The molecule has 1 N–H and O–H groups in total. The van der Waals surface area contributed by atoms with Crippen molar-refractivity contribution in [1.29, 1.82) is 0 Å². The number of aliphatic hydroxyl groups is 1. The molecule has 3 rings (SSSR count). The van der Waals surface area contributed by atoms with Gasteiger partial charge in [-0.3, -0.25) is 0 Å². The van der Waals surface area contributed by atoms with Crippen LogP contribution >= 0.6 is 0 Å². The van der Waals surface area contributed by atoms with Gasteiger partial charge in [0, 0.05) is 12.1 Å². The molecule has 22 heavy (non-hydrogen) atoms. The minimum atomic E-state index is -1.24. The third-order valence-electron chi connectivity index (χ3n) is 3.84. The summed E-state index contributed by atoms with van der Waals surface area (Å²) in [6, 6.07) is 24.1. The third-order valence-corrected chi connectivity index (χ3v) is 3.84. The van der Waals surface area contributed by atoms with Crippen LogP contribution in [0.1, 0.15) is 16.8 Å². The molecule has 0 spiro atoms. The molecule has 0 unspecified atom stereocenters. The Morgan fingerprint density at radius 1 is 0.773 bits per heavy atom. The normalized spacial score (nSPS) is 11.3. The zero-order valence-corrected chi connectivity index (χ0v) is 12.1. The fourth-order valence-corrected chi connectivity index (χ4v) is 2.66. The molecule has 0 aliphatic rings. The molecule has 3 aromatic rings. The number of nitrogens with zero attached hydrogens (tertiary/aromatic N) is 1. The predicted octanol–water partition coefficient (Wildman–Crippen LogP) is 2.80. The summed E-state index contributed by atoms with van der Waals surface area (Å²) in [5.74, 6) is 0. The van der Waals surface area contributed by atoms with Gasteiger partial charge >= 0.3 is 0 Å². The quantitative estimate of drug-likeness (QED) is 0.593. The van der Waals surface area contributed by atoms with E-state index in [9.17, 15) is 10.3 Å². The summed E-state index contributed by atoms with van der Waals surface area (Å²) in [6.45, 7) is 0. The van der Waals surface area contributed by atoms with Crippen molar-refractivity contribution in [3.05, 3.63) is 107 Å². The second kappa shape index (κ2) is 6.00. The monoisotopic (exact) mass is 291 g/mol. The van der Waals surface area contributed by atoms with E-state index in [0.717, 1.165) is 15.9 Å². The molecule has 3 heteroatoms. The second-order valence-corrected chi connectivity index (χ2v) is 5.29. The Morgan fingerprint density at radius 3 is 1.77 bits per heavy atom. The van der Waals surface area contributed by atoms with Crippen molar-refractivity contribution in [2.75, 3.05) is 0 Å². The highest BCUT2D eigenvalue weighted by Crippen LogP contribution is 2.32. The molecule has 0 aliphatic heterocycles. The molecule has 0 atom stereocenters. The number of aromatic nitrogens is 1. The Bertz CT molecular complexity index is 702. The lowest BCUT2D eigenvalue weighted by Crippen LogP contribution is -2.38. The Labute approximate surface area is 129 Å². The molecule has 2 aromatic carbocycles. The summed E-state index contributed by atoms with van der Waals surface area (Å²) in [5, 5.41) is 23.3. The summed E-state index contributed by atoms with van der Waals surface area (Å²) >= 11 is 0. The lowest BCUT2D eigenvalue weighted by molar-refractivity contribution is -0.615. The highest BCUT2D eigenvalue weighted by Gasteiger charge is 2.34. The fraction of sp³-hybridized carbons (Fsp3) is 0.105. The first-order valence-corrected chi connectivity index (χ1v) is 7.21. The zero-order chi connectivity index (χ0) is 15.4. The van der Waals surface area contributed by atoms with Gasteiger partial charge < -0.3 is 10.3 Å². The van der Waals surface area contributed by atoms with Crippen molar-refractivity contribution in [2.45, 2.75) is 12.0 Å². The van der Waals surface area contributed by atoms with E-state index in [1.807, 2.05) is 60.7 Å². The first-order valence-electron chi connectivity index (χ1n) is 7.21. The van der Waals surface area contributed by atoms with E-state index in [2.05, 4.69) is 0 Å². The number of hydrogen-bond acceptors (Lipinski definition) is 2. The maximum atomic E-state index is 12.0. The van der Waals surface area contributed by atoms with Crippen LogP contribution in [0.15, 0.2) is 85.1 Å². The van der Waals surface area contributed by atoms with Gasteiger partial charge in [0.15, 0.2) is 11.9 Å². The number of benzene rings is 2. The van der Waals surface area contributed by atoms with Crippen molar-refractivity contribution in [2.24, 2.45) is 0 Å². The molecule has 0 fully saturated rings. The predicted molar refractivity (Wildman–Crippen MR) is 85.0 cm³/mol. The third kappa shape index (κ3) is 2.71. The second-order valence-electron chi connectivity index (χ2n) is 5.29. The molecule has 3 nitrogen and oxygen atoms in total. The number of hydrogen-bond donors (Lipinski definition) is 1. The van der Waals surface area contributed by atoms with Gasteiger partial charge in [0.05, 0.1) is 6.42 Å². The van der Waals surface area contributed by atoms with E-state index in [1.54, 1.807) is 18.2 Å². The molecule has 110 valence electrons. The van der Waals surface area contributed by atoms with Gasteiger partial charge in [-0.2, -0.15) is 4.73 Å². The highest BCUT2D eigenvalue weighted by molar-refractivity contribution is 5.37. The topological polar surface area (TPSA) is 47.2 Å². The van der Waals surface area contributed by atoms with E-state index < -0.39 is 5.60 Å². The molecule has 0 bridgehead atoms. The van der Waals surface area contributed by atoms with Crippen LogP contribution in [0.4, 0.5) is 0 Å². The molecular weight excluding hydrogens is 274 g/mol. The van der Waals surface area contributed by atoms with Crippen LogP contribution in [-0.4, -0.2) is 5.11 Å². The first kappa shape index (κ1) is 14.3. The van der Waals surface area contributed by atoms with E-state index >= 15 is 0 Å². The van der Waals surface area contributed by atoms with Crippen LogP contribution in [0.2, 0.25) is 0 Å². The maximum Gasteiger partial charge on any atom is 0.196 e.